The Morgan fingerprint density at radius 3 is 1.74 bits per heavy atom. The Kier molecular flexibility index (Phi) is 8.40. The van der Waals surface area contributed by atoms with Crippen molar-refractivity contribution in [1.29, 1.82) is 0 Å². The standard InChI is InChI=1S/C29H18N3.C29H19N3.Zn/c1-2-9-18(10-3-1)25-21-13-4-6-15-23(21)27-30-28-24-16-7-5-14-22(24)26-19-11-8-12-20(17-19)29(31(25)27)32(26)28;1-3-11-20(12-4-1)26-22-15-7-9-17-24(22)28-30-29-25-18-10-8-16-23(25)27(32(29)19-31(26)28)21-13-5-2-6-14-21;/h1-17,29H;1-19H;/q+1;;/t29-;;/m0../s1. The van der Waals surface area contributed by atoms with Crippen LogP contribution in [-0.2, 0) is 19.5 Å². The first-order chi connectivity index (χ1) is 31.8. The van der Waals surface area contributed by atoms with Crippen molar-refractivity contribution in [3.8, 4) is 39.6 Å². The maximum absolute atomic E-state index is 5.34. The number of aliphatic imine (C=N–C) groups is 1. The summed E-state index contributed by atoms with van der Waals surface area (Å²) in [5.74, 6) is 3.08. The quantitative estimate of drug-likeness (QED) is 0.0990. The number of benzene rings is 8. The Morgan fingerprint density at radius 2 is 1.02 bits per heavy atom. The molecule has 8 aromatic carbocycles. The van der Waals surface area contributed by atoms with Crippen molar-refractivity contribution < 1.29 is 28.6 Å². The molecule has 5 aliphatic heterocycles. The zero-order valence-electron chi connectivity index (χ0n) is 35.3. The number of rotatable bonds is 3. The summed E-state index contributed by atoms with van der Waals surface area (Å²) in [5.41, 5.74) is 14.4. The molecule has 6 nitrogen and oxygen atoms in total. The zero-order chi connectivity index (χ0) is 41.9. The minimum absolute atomic E-state index is 0. The van der Waals surface area contributed by atoms with Crippen LogP contribution in [0.4, 0.5) is 5.82 Å². The summed E-state index contributed by atoms with van der Waals surface area (Å²) in [4.78, 5) is 10.6. The molecule has 0 aliphatic carbocycles. The van der Waals surface area contributed by atoms with E-state index >= 15 is 0 Å². The molecule has 1 atom stereocenters. The minimum Gasteiger partial charge on any atom is -0.298 e. The van der Waals surface area contributed by atoms with Gasteiger partial charge in [0.05, 0.1) is 28.0 Å². The summed E-state index contributed by atoms with van der Waals surface area (Å²) in [6.07, 6.45) is 2.25. The molecule has 0 unspecified atom stereocenters. The van der Waals surface area contributed by atoms with Crippen molar-refractivity contribution in [3.05, 3.63) is 241 Å². The molecule has 0 spiro atoms. The van der Waals surface area contributed by atoms with Crippen LogP contribution in [0.1, 0.15) is 28.4 Å². The normalized spacial score (nSPS) is 14.2. The van der Waals surface area contributed by atoms with Gasteiger partial charge in [0.15, 0.2) is 0 Å². The van der Waals surface area contributed by atoms with Gasteiger partial charge in [-0.05, 0) is 56.7 Å². The van der Waals surface area contributed by atoms with Crippen molar-refractivity contribution in [2.75, 3.05) is 0 Å². The number of aromatic nitrogens is 4. The molecule has 2 aromatic heterocycles. The molecular formula is C58H37N6Zn+. The van der Waals surface area contributed by atoms with Gasteiger partial charge in [-0.3, -0.25) is 13.5 Å². The van der Waals surface area contributed by atoms with Crippen LogP contribution in [0.3, 0.4) is 0 Å². The average molecular weight is 883 g/mol. The second-order valence-corrected chi connectivity index (χ2v) is 16.8. The first-order valence-corrected chi connectivity index (χ1v) is 21.9. The first-order valence-electron chi connectivity index (χ1n) is 21.9. The second-order valence-electron chi connectivity index (χ2n) is 16.8. The van der Waals surface area contributed by atoms with E-state index in [1.54, 1.807) is 0 Å². The van der Waals surface area contributed by atoms with E-state index in [2.05, 4.69) is 237 Å². The Morgan fingerprint density at radius 1 is 0.462 bits per heavy atom. The topological polar surface area (TPSA) is 41.5 Å². The Balaban J connectivity index is 0.000000128. The fraction of sp³-hybridized carbons (Fsp3) is 0.0172. The number of amidine groups is 1. The predicted octanol–water partition coefficient (Wildman–Crippen LogP) is 12.5. The maximum atomic E-state index is 5.34. The summed E-state index contributed by atoms with van der Waals surface area (Å²) in [6.45, 7) is 0. The van der Waals surface area contributed by atoms with Crippen LogP contribution in [-0.4, -0.2) is 30.1 Å². The van der Waals surface area contributed by atoms with E-state index < -0.39 is 0 Å². The van der Waals surface area contributed by atoms with Gasteiger partial charge in [-0.15, -0.1) is 4.98 Å². The molecule has 10 aromatic rings. The summed E-state index contributed by atoms with van der Waals surface area (Å²) in [6, 6.07) is 75.4. The van der Waals surface area contributed by atoms with E-state index in [1.807, 2.05) is 0 Å². The monoisotopic (exact) mass is 881 g/mol. The molecule has 0 radical (unpaired) electrons. The summed E-state index contributed by atoms with van der Waals surface area (Å²) >= 11 is 0. The molecule has 2 bridgehead atoms. The van der Waals surface area contributed by atoms with Gasteiger partial charge in [0.25, 0.3) is 5.82 Å². The molecule has 300 valence electrons. The van der Waals surface area contributed by atoms with Crippen LogP contribution in [0.2, 0.25) is 0 Å². The van der Waals surface area contributed by atoms with Crippen LogP contribution in [0.15, 0.2) is 224 Å². The molecule has 0 fully saturated rings. The van der Waals surface area contributed by atoms with Gasteiger partial charge in [-0.1, -0.05) is 188 Å². The number of hydrogen-bond acceptors (Lipinski definition) is 2. The van der Waals surface area contributed by atoms with Crippen molar-refractivity contribution in [2.24, 2.45) is 4.99 Å². The van der Waals surface area contributed by atoms with E-state index in [0.29, 0.717) is 0 Å². The fourth-order valence-corrected chi connectivity index (χ4v) is 10.7. The molecule has 5 aliphatic rings. The Labute approximate surface area is 387 Å². The predicted molar refractivity (Wildman–Crippen MR) is 257 cm³/mol. The fourth-order valence-electron chi connectivity index (χ4n) is 10.7. The smallest absolute Gasteiger partial charge is 0.298 e. The van der Waals surface area contributed by atoms with Crippen molar-refractivity contribution in [2.45, 2.75) is 6.17 Å². The van der Waals surface area contributed by atoms with Gasteiger partial charge in [0, 0.05) is 52.3 Å². The van der Waals surface area contributed by atoms with E-state index in [1.165, 1.54) is 94.1 Å². The summed E-state index contributed by atoms with van der Waals surface area (Å²) in [7, 11) is 0. The van der Waals surface area contributed by atoms with Gasteiger partial charge in [-0.25, -0.2) is 0 Å². The van der Waals surface area contributed by atoms with Crippen LogP contribution < -0.4 is 4.57 Å². The van der Waals surface area contributed by atoms with Gasteiger partial charge < -0.3 is 0 Å². The average Bonchev–Trinajstić information content (AvgIpc) is 4.08. The van der Waals surface area contributed by atoms with Gasteiger partial charge in [0.1, 0.15) is 12.0 Å². The Bertz CT molecular complexity index is 3890. The molecule has 15 rings (SSSR count). The number of hydrogen-bond donors (Lipinski definition) is 0. The van der Waals surface area contributed by atoms with Crippen LogP contribution in [0.5, 0.6) is 0 Å². The third-order valence-electron chi connectivity index (χ3n) is 13.3. The second kappa shape index (κ2) is 14.5. The van der Waals surface area contributed by atoms with E-state index in [-0.39, 0.29) is 25.6 Å². The van der Waals surface area contributed by atoms with Crippen LogP contribution in [0, 0.1) is 0 Å². The van der Waals surface area contributed by atoms with E-state index in [0.717, 1.165) is 23.1 Å². The SMILES string of the molecule is [Zn].c1ccc(-c2c3ccccc3c3nc4c5ccccc5c(-c5ccccc5)[n+]-4[cH-]n23)cc1.c1ccc(C2=[N+]3C(=Nc4c5ccccc5c5n4[C@H]3c3cccc-5c3)c3ccccc32)cc1. The summed E-state index contributed by atoms with van der Waals surface area (Å²) in [5, 5.41) is 7.24. The van der Waals surface area contributed by atoms with E-state index in [9.17, 15) is 0 Å². The number of nitrogens with zero attached hydrogens (tertiary/aromatic N) is 6. The van der Waals surface area contributed by atoms with Gasteiger partial charge in [0.2, 0.25) is 17.6 Å². The third-order valence-corrected chi connectivity index (χ3v) is 13.3. The minimum atomic E-state index is 0. The van der Waals surface area contributed by atoms with Crippen LogP contribution in [0.25, 0.3) is 77.6 Å². The molecule has 7 heteroatoms. The van der Waals surface area contributed by atoms with E-state index in [4.69, 9.17) is 9.98 Å². The number of fused-ring (bicyclic) bond motifs is 17. The summed E-state index contributed by atoms with van der Waals surface area (Å²) < 4.78 is 9.40. The molecule has 65 heavy (non-hydrogen) atoms. The molecule has 0 saturated carbocycles. The molecule has 0 N–H and O–H groups in total. The maximum Gasteiger partial charge on any atom is 0.336 e. The van der Waals surface area contributed by atoms with Crippen molar-refractivity contribution in [3.63, 3.8) is 0 Å². The van der Waals surface area contributed by atoms with Gasteiger partial charge >= 0.3 is 5.84 Å². The zero-order valence-corrected chi connectivity index (χ0v) is 38.2. The largest absolute Gasteiger partial charge is 0.336 e. The van der Waals surface area contributed by atoms with Gasteiger partial charge in [-0.2, -0.15) is 4.58 Å². The van der Waals surface area contributed by atoms with Crippen molar-refractivity contribution in [1.82, 2.24) is 14.0 Å². The molecule has 0 saturated heterocycles. The van der Waals surface area contributed by atoms with Crippen molar-refractivity contribution >= 4 is 55.3 Å². The molecule has 0 amide bonds. The van der Waals surface area contributed by atoms with Crippen LogP contribution >= 0.6 is 0 Å². The molecule has 7 heterocycles. The molecular weight excluding hydrogens is 846 g/mol. The Hall–Kier alpha value is -7.99. The first kappa shape index (κ1) is 37.6. The third kappa shape index (κ3) is 5.40.